The predicted molar refractivity (Wildman–Crippen MR) is 146 cm³/mol. The molecule has 0 fully saturated rings. The van der Waals surface area contributed by atoms with Gasteiger partial charge in [0.25, 0.3) is 0 Å². The summed E-state index contributed by atoms with van der Waals surface area (Å²) in [6, 6.07) is 31.3. The topological polar surface area (TPSA) is 64.1 Å². The second-order valence-corrected chi connectivity index (χ2v) is 9.33. The first kappa shape index (κ1) is 23.0. The fourth-order valence-electron chi connectivity index (χ4n) is 5.19. The van der Waals surface area contributed by atoms with E-state index in [0.717, 1.165) is 44.9 Å². The summed E-state index contributed by atoms with van der Waals surface area (Å²) in [5.41, 5.74) is 9.15. The minimum atomic E-state index is 0.0150. The summed E-state index contributed by atoms with van der Waals surface area (Å²) in [7, 11) is 0. The zero-order chi connectivity index (χ0) is 25.4. The Morgan fingerprint density at radius 2 is 1.51 bits per heavy atom. The lowest BCUT2D eigenvalue weighted by Crippen LogP contribution is -2.03. The molecule has 0 aliphatic heterocycles. The summed E-state index contributed by atoms with van der Waals surface area (Å²) in [4.78, 5) is 4.97. The summed E-state index contributed by atoms with van der Waals surface area (Å²) < 4.78 is 7.61. The Hall–Kier alpha value is -4.48. The first-order chi connectivity index (χ1) is 18.1. The maximum absolute atomic E-state index is 9.53. The van der Waals surface area contributed by atoms with Crippen molar-refractivity contribution in [1.82, 2.24) is 14.7 Å². The molecule has 0 radical (unpaired) electrons. The highest BCUT2D eigenvalue weighted by atomic mass is 16.5. The Bertz CT molecular complexity index is 1610. The molecule has 0 atom stereocenters. The normalized spacial score (nSPS) is 11.5. The van der Waals surface area contributed by atoms with E-state index in [1.54, 1.807) is 0 Å². The Morgan fingerprint density at radius 1 is 0.865 bits per heavy atom. The monoisotopic (exact) mass is 485 g/mol. The average Bonchev–Trinajstić information content (AvgIpc) is 3.49. The molecule has 0 spiro atoms. The Kier molecular flexibility index (Phi) is 5.91. The molecule has 0 aliphatic rings. The van der Waals surface area contributed by atoms with E-state index in [1.807, 2.05) is 44.3 Å². The average molecular weight is 486 g/mol. The third-order valence-electron chi connectivity index (χ3n) is 6.97. The van der Waals surface area contributed by atoms with Crippen LogP contribution in [-0.4, -0.2) is 19.8 Å². The van der Waals surface area contributed by atoms with E-state index in [1.165, 1.54) is 16.7 Å². The number of pyridine rings is 1. The van der Waals surface area contributed by atoms with Crippen LogP contribution in [0.1, 0.15) is 39.6 Å². The van der Waals surface area contributed by atoms with Crippen molar-refractivity contribution < 1.29 is 9.63 Å². The molecule has 0 saturated heterocycles. The molecule has 37 heavy (non-hydrogen) atoms. The van der Waals surface area contributed by atoms with E-state index in [0.29, 0.717) is 0 Å². The van der Waals surface area contributed by atoms with Crippen molar-refractivity contribution >= 4 is 11.0 Å². The van der Waals surface area contributed by atoms with Gasteiger partial charge in [0.2, 0.25) is 0 Å². The summed E-state index contributed by atoms with van der Waals surface area (Å²) in [5.74, 6) is 0.798. The van der Waals surface area contributed by atoms with Crippen LogP contribution >= 0.6 is 0 Å². The molecule has 6 rings (SSSR count). The van der Waals surface area contributed by atoms with E-state index in [-0.39, 0.29) is 12.5 Å². The molecule has 0 bridgehead atoms. The zero-order valence-corrected chi connectivity index (χ0v) is 20.8. The quantitative estimate of drug-likeness (QED) is 0.277. The number of aliphatic hydroxyl groups is 1. The van der Waals surface area contributed by atoms with Gasteiger partial charge in [0.05, 0.1) is 12.3 Å². The third kappa shape index (κ3) is 4.13. The number of nitrogens with zero attached hydrogens (tertiary/aromatic N) is 3. The minimum Gasteiger partial charge on any atom is -0.392 e. The lowest BCUT2D eigenvalue weighted by atomic mass is 9.85. The van der Waals surface area contributed by atoms with Crippen molar-refractivity contribution in [2.45, 2.75) is 26.4 Å². The molecular weight excluding hydrogens is 458 g/mol. The highest BCUT2D eigenvalue weighted by molar-refractivity contribution is 5.88. The van der Waals surface area contributed by atoms with Crippen molar-refractivity contribution in [2.75, 3.05) is 0 Å². The largest absolute Gasteiger partial charge is 0.392 e. The van der Waals surface area contributed by atoms with Crippen molar-refractivity contribution in [3.05, 3.63) is 137 Å². The van der Waals surface area contributed by atoms with Crippen LogP contribution in [0.4, 0.5) is 0 Å². The maximum Gasteiger partial charge on any atom is 0.144 e. The number of hydrogen-bond acceptors (Lipinski definition) is 4. The number of benzene rings is 3. The highest BCUT2D eigenvalue weighted by Crippen LogP contribution is 2.39. The number of hydrogen-bond donors (Lipinski definition) is 1. The molecule has 0 amide bonds. The fraction of sp³-hybridized carbons (Fsp3) is 0.125. The van der Waals surface area contributed by atoms with Gasteiger partial charge in [-0.25, -0.2) is 4.98 Å². The van der Waals surface area contributed by atoms with Crippen molar-refractivity contribution in [2.24, 2.45) is 0 Å². The van der Waals surface area contributed by atoms with Crippen LogP contribution in [0, 0.1) is 13.8 Å². The molecular formula is C32H27N3O2. The summed E-state index contributed by atoms with van der Waals surface area (Å²) in [5, 5.41) is 14.8. The van der Waals surface area contributed by atoms with E-state index >= 15 is 0 Å². The molecule has 0 saturated carbocycles. The van der Waals surface area contributed by atoms with Gasteiger partial charge in [-0.3, -0.25) is 0 Å². The van der Waals surface area contributed by atoms with Crippen molar-refractivity contribution in [3.63, 3.8) is 0 Å². The second kappa shape index (κ2) is 9.52. The molecule has 1 N–H and O–H groups in total. The summed E-state index contributed by atoms with van der Waals surface area (Å²) in [6.07, 6.45) is 4.10. The lowest BCUT2D eigenvalue weighted by molar-refractivity contribution is 0.282. The number of aryl methyl sites for hydroxylation is 2. The van der Waals surface area contributed by atoms with Crippen LogP contribution in [0.3, 0.4) is 0 Å². The van der Waals surface area contributed by atoms with E-state index in [2.05, 4.69) is 82.7 Å². The van der Waals surface area contributed by atoms with Crippen LogP contribution in [0.25, 0.3) is 27.8 Å². The minimum absolute atomic E-state index is 0.0150. The third-order valence-corrected chi connectivity index (χ3v) is 6.97. The Balaban J connectivity index is 1.64. The van der Waals surface area contributed by atoms with Gasteiger partial charge in [0.15, 0.2) is 0 Å². The molecule has 3 heterocycles. The number of aromatic nitrogens is 3. The van der Waals surface area contributed by atoms with Gasteiger partial charge in [-0.1, -0.05) is 78.0 Å². The standard InChI is InChI=1S/C32H27N3O2/c1-21-30(22(2)37-34-21)26-17-28-29(31(24-9-5-3-6-10-24)25-11-7-4-8-12-25)19-35(32(28)33-18-26)27-15-13-23(20-36)14-16-27/h3-19,31,36H,20H2,1-2H3. The zero-order valence-electron chi connectivity index (χ0n) is 20.8. The fourth-order valence-corrected chi connectivity index (χ4v) is 5.19. The Labute approximate surface area is 215 Å². The van der Waals surface area contributed by atoms with Crippen LogP contribution < -0.4 is 0 Å². The number of rotatable bonds is 6. The molecule has 6 aromatic rings. The second-order valence-electron chi connectivity index (χ2n) is 9.33. The Morgan fingerprint density at radius 3 is 2.08 bits per heavy atom. The molecule has 0 unspecified atom stereocenters. The van der Waals surface area contributed by atoms with Crippen LogP contribution in [0.15, 0.2) is 108 Å². The maximum atomic E-state index is 9.53. The summed E-state index contributed by atoms with van der Waals surface area (Å²) in [6.45, 7) is 3.91. The molecule has 182 valence electrons. The van der Waals surface area contributed by atoms with E-state index < -0.39 is 0 Å². The first-order valence-electron chi connectivity index (χ1n) is 12.4. The van der Waals surface area contributed by atoms with Crippen LogP contribution in [0.5, 0.6) is 0 Å². The van der Waals surface area contributed by atoms with Gasteiger partial charge in [-0.15, -0.1) is 0 Å². The number of aliphatic hydroxyl groups excluding tert-OH is 1. The molecule has 3 aromatic heterocycles. The number of fused-ring (bicyclic) bond motifs is 1. The SMILES string of the molecule is Cc1noc(C)c1-c1cnc2c(c1)c(C(c1ccccc1)c1ccccc1)cn2-c1ccc(CO)cc1. The van der Waals surface area contributed by atoms with Gasteiger partial charge in [-0.2, -0.15) is 0 Å². The van der Waals surface area contributed by atoms with Gasteiger partial charge in [0.1, 0.15) is 11.4 Å². The van der Waals surface area contributed by atoms with Crippen molar-refractivity contribution in [3.8, 4) is 16.8 Å². The van der Waals surface area contributed by atoms with Gasteiger partial charge in [0, 0.05) is 40.5 Å². The van der Waals surface area contributed by atoms with E-state index in [9.17, 15) is 5.11 Å². The summed E-state index contributed by atoms with van der Waals surface area (Å²) >= 11 is 0. The lowest BCUT2D eigenvalue weighted by Gasteiger charge is -2.18. The van der Waals surface area contributed by atoms with Gasteiger partial charge >= 0.3 is 0 Å². The highest BCUT2D eigenvalue weighted by Gasteiger charge is 2.24. The van der Waals surface area contributed by atoms with Gasteiger partial charge < -0.3 is 14.2 Å². The molecule has 5 heteroatoms. The van der Waals surface area contributed by atoms with Crippen molar-refractivity contribution in [1.29, 1.82) is 0 Å². The predicted octanol–water partition coefficient (Wildman–Crippen LogP) is 6.97. The molecule has 5 nitrogen and oxygen atoms in total. The first-order valence-corrected chi connectivity index (χ1v) is 12.4. The van der Waals surface area contributed by atoms with Crippen LogP contribution in [0.2, 0.25) is 0 Å². The van der Waals surface area contributed by atoms with Crippen LogP contribution in [-0.2, 0) is 6.61 Å². The van der Waals surface area contributed by atoms with Gasteiger partial charge in [-0.05, 0) is 54.3 Å². The molecule has 0 aliphatic carbocycles. The molecule has 3 aromatic carbocycles. The smallest absolute Gasteiger partial charge is 0.144 e. The van der Waals surface area contributed by atoms with E-state index in [4.69, 9.17) is 9.51 Å².